The van der Waals surface area contributed by atoms with Crippen LogP contribution in [0.5, 0.6) is 0 Å². The molecule has 0 aromatic carbocycles. The predicted octanol–water partition coefficient (Wildman–Crippen LogP) is 4.02. The van der Waals surface area contributed by atoms with Crippen LogP contribution >= 0.6 is 11.8 Å². The molecule has 26 heavy (non-hydrogen) atoms. The van der Waals surface area contributed by atoms with E-state index >= 15 is 0 Å². The summed E-state index contributed by atoms with van der Waals surface area (Å²) in [6.45, 7) is 6.68. The van der Waals surface area contributed by atoms with Crippen LogP contribution in [0.4, 0.5) is 0 Å². The Morgan fingerprint density at radius 1 is 1.35 bits per heavy atom. The molecule has 4 rings (SSSR count). The average molecular weight is 375 g/mol. The lowest BCUT2D eigenvalue weighted by Crippen LogP contribution is -2.56. The maximum atomic E-state index is 12.7. The van der Waals surface area contributed by atoms with Gasteiger partial charge in [-0.15, -0.1) is 0 Å². The van der Waals surface area contributed by atoms with Gasteiger partial charge < -0.3 is 5.11 Å². The number of hydrogen-bond donors (Lipinski definition) is 1. The molecule has 0 aromatic heterocycles. The largest absolute Gasteiger partial charge is 0.393 e. The van der Waals surface area contributed by atoms with Crippen LogP contribution in [0.25, 0.3) is 0 Å². The van der Waals surface area contributed by atoms with Crippen molar-refractivity contribution in [3.63, 3.8) is 0 Å². The van der Waals surface area contributed by atoms with E-state index in [2.05, 4.69) is 26.8 Å². The van der Waals surface area contributed by atoms with Crippen LogP contribution in [0.1, 0.15) is 46.5 Å². The van der Waals surface area contributed by atoms with Crippen LogP contribution in [0.3, 0.4) is 0 Å². The zero-order valence-corrected chi connectivity index (χ0v) is 17.0. The van der Waals surface area contributed by atoms with Gasteiger partial charge in [-0.25, -0.2) is 0 Å². The van der Waals surface area contributed by atoms with Crippen molar-refractivity contribution in [2.45, 2.75) is 52.6 Å². The first-order valence-electron chi connectivity index (χ1n) is 9.92. The number of aliphatic hydroxyl groups excluding tert-OH is 1. The zero-order valence-electron chi connectivity index (χ0n) is 16.2. The summed E-state index contributed by atoms with van der Waals surface area (Å²) >= 11 is 1.35. The van der Waals surface area contributed by atoms with E-state index in [1.165, 1.54) is 17.3 Å². The molecule has 7 unspecified atom stereocenters. The predicted molar refractivity (Wildman–Crippen MR) is 105 cm³/mol. The SMILES string of the molecule is CSC(=O)C1[C@H](C)CC2C3CCC4=CC(=O)C=CC4(C)C3C(O)CC21C. The van der Waals surface area contributed by atoms with Gasteiger partial charge in [-0.3, -0.25) is 9.59 Å². The minimum absolute atomic E-state index is 0.0475. The summed E-state index contributed by atoms with van der Waals surface area (Å²) in [5.41, 5.74) is 0.866. The van der Waals surface area contributed by atoms with E-state index in [9.17, 15) is 14.7 Å². The Kier molecular flexibility index (Phi) is 4.31. The quantitative estimate of drug-likeness (QED) is 0.753. The third-order valence-corrected chi connectivity index (χ3v) is 8.95. The van der Waals surface area contributed by atoms with Gasteiger partial charge in [-0.2, -0.15) is 0 Å². The molecule has 1 N–H and O–H groups in total. The molecule has 3 nitrogen and oxygen atoms in total. The van der Waals surface area contributed by atoms with E-state index in [0.29, 0.717) is 29.3 Å². The van der Waals surface area contributed by atoms with Crippen LogP contribution in [-0.4, -0.2) is 28.4 Å². The topological polar surface area (TPSA) is 54.4 Å². The minimum atomic E-state index is -0.421. The number of carbonyl (C=O) groups excluding carboxylic acids is 2. The van der Waals surface area contributed by atoms with E-state index in [-0.39, 0.29) is 28.4 Å². The molecule has 0 bridgehead atoms. The molecule has 0 aromatic rings. The molecule has 4 aliphatic carbocycles. The second kappa shape index (κ2) is 6.07. The fraction of sp³-hybridized carbons (Fsp3) is 0.727. The number of allylic oxidation sites excluding steroid dienone is 4. The van der Waals surface area contributed by atoms with Crippen molar-refractivity contribution in [3.05, 3.63) is 23.8 Å². The van der Waals surface area contributed by atoms with Gasteiger partial charge in [0.15, 0.2) is 10.9 Å². The van der Waals surface area contributed by atoms with Gasteiger partial charge in [-0.05, 0) is 67.3 Å². The summed E-state index contributed by atoms with van der Waals surface area (Å²) in [5, 5.41) is 11.6. The second-order valence-electron chi connectivity index (χ2n) is 9.51. The van der Waals surface area contributed by atoms with Gasteiger partial charge in [0.2, 0.25) is 0 Å². The molecule has 0 spiro atoms. The number of aliphatic hydroxyl groups is 1. The number of rotatable bonds is 1. The Morgan fingerprint density at radius 3 is 2.77 bits per heavy atom. The van der Waals surface area contributed by atoms with Gasteiger partial charge in [0, 0.05) is 17.3 Å². The van der Waals surface area contributed by atoms with Crippen molar-refractivity contribution in [3.8, 4) is 0 Å². The lowest BCUT2D eigenvalue weighted by atomic mass is 9.47. The summed E-state index contributed by atoms with van der Waals surface area (Å²) in [6.07, 6.45) is 10.7. The summed E-state index contributed by atoms with van der Waals surface area (Å²) in [6, 6.07) is 0. The van der Waals surface area contributed by atoms with Crippen LogP contribution < -0.4 is 0 Å². The number of thioether (sulfide) groups is 1. The van der Waals surface area contributed by atoms with Crippen LogP contribution in [0, 0.1) is 40.4 Å². The van der Waals surface area contributed by atoms with Crippen molar-refractivity contribution in [1.29, 1.82) is 0 Å². The highest BCUT2D eigenvalue weighted by atomic mass is 32.2. The molecule has 3 saturated carbocycles. The molecule has 0 aliphatic heterocycles. The molecule has 8 atom stereocenters. The lowest BCUT2D eigenvalue weighted by Gasteiger charge is -2.58. The van der Waals surface area contributed by atoms with Crippen LogP contribution in [-0.2, 0) is 9.59 Å². The summed E-state index contributed by atoms with van der Waals surface area (Å²) in [7, 11) is 0. The molecule has 3 fully saturated rings. The van der Waals surface area contributed by atoms with Gasteiger partial charge in [-0.1, -0.05) is 44.2 Å². The normalized spacial score (nSPS) is 49.9. The highest BCUT2D eigenvalue weighted by molar-refractivity contribution is 8.13. The monoisotopic (exact) mass is 374 g/mol. The smallest absolute Gasteiger partial charge is 0.192 e. The standard InChI is InChI=1S/C22H30O3S/c1-12-9-16-15-6-5-13-10-14(23)7-8-21(13,2)19(15)17(24)11-22(16,3)18(12)20(25)26-4/h7-8,10,12,15-19,24H,5-6,9,11H2,1-4H3/t12-,15?,16?,17?,18?,19?,21?,22?/m1/s1. The first-order chi connectivity index (χ1) is 12.2. The van der Waals surface area contributed by atoms with Gasteiger partial charge in [0.1, 0.15) is 0 Å². The van der Waals surface area contributed by atoms with Crippen molar-refractivity contribution < 1.29 is 14.7 Å². The third kappa shape index (κ3) is 2.37. The van der Waals surface area contributed by atoms with E-state index in [0.717, 1.165) is 19.3 Å². The molecule has 0 amide bonds. The first-order valence-corrected chi connectivity index (χ1v) is 11.1. The minimum Gasteiger partial charge on any atom is -0.393 e. The number of fused-ring (bicyclic) bond motifs is 5. The van der Waals surface area contributed by atoms with Crippen LogP contribution in [0.15, 0.2) is 23.8 Å². The maximum absolute atomic E-state index is 12.7. The molecule has 142 valence electrons. The fourth-order valence-electron chi connectivity index (χ4n) is 7.32. The van der Waals surface area contributed by atoms with E-state index in [4.69, 9.17) is 0 Å². The Balaban J connectivity index is 1.74. The molecule has 0 radical (unpaired) electrons. The summed E-state index contributed by atoms with van der Waals surface area (Å²) in [5.74, 6) is 1.56. The van der Waals surface area contributed by atoms with Crippen molar-refractivity contribution in [1.82, 2.24) is 0 Å². The number of carbonyl (C=O) groups is 2. The van der Waals surface area contributed by atoms with E-state index in [1.807, 2.05) is 6.26 Å². The van der Waals surface area contributed by atoms with Crippen molar-refractivity contribution in [2.75, 3.05) is 6.26 Å². The Bertz CT molecular complexity index is 710. The van der Waals surface area contributed by atoms with Crippen molar-refractivity contribution in [2.24, 2.45) is 40.4 Å². The molecule has 4 heteroatoms. The Labute approximate surface area is 160 Å². The van der Waals surface area contributed by atoms with Gasteiger partial charge >= 0.3 is 0 Å². The highest BCUT2D eigenvalue weighted by Gasteiger charge is 2.64. The van der Waals surface area contributed by atoms with Gasteiger partial charge in [0.25, 0.3) is 0 Å². The maximum Gasteiger partial charge on any atom is 0.192 e. The summed E-state index contributed by atoms with van der Waals surface area (Å²) < 4.78 is 0. The highest BCUT2D eigenvalue weighted by Crippen LogP contribution is 2.67. The molecule has 0 saturated heterocycles. The van der Waals surface area contributed by atoms with E-state index < -0.39 is 6.10 Å². The fourth-order valence-corrected chi connectivity index (χ4v) is 8.08. The Hall–Kier alpha value is -0.870. The molecule has 0 heterocycles. The summed E-state index contributed by atoms with van der Waals surface area (Å²) in [4.78, 5) is 24.6. The second-order valence-corrected chi connectivity index (χ2v) is 10.3. The van der Waals surface area contributed by atoms with Crippen LogP contribution in [0.2, 0.25) is 0 Å². The zero-order chi connectivity index (χ0) is 18.9. The lowest BCUT2D eigenvalue weighted by molar-refractivity contribution is -0.133. The molecule has 4 aliphatic rings. The Morgan fingerprint density at radius 2 is 2.08 bits per heavy atom. The van der Waals surface area contributed by atoms with Crippen molar-refractivity contribution >= 4 is 22.7 Å². The van der Waals surface area contributed by atoms with Gasteiger partial charge in [0.05, 0.1) is 6.10 Å². The third-order valence-electron chi connectivity index (χ3n) is 8.29. The molecular weight excluding hydrogens is 344 g/mol. The number of ketones is 1. The number of hydrogen-bond acceptors (Lipinski definition) is 4. The first kappa shape index (κ1) is 18.5. The average Bonchev–Trinajstić information content (AvgIpc) is 2.84. The molecular formula is C22H30O3S. The van der Waals surface area contributed by atoms with E-state index in [1.54, 1.807) is 12.2 Å².